The van der Waals surface area contributed by atoms with E-state index in [0.29, 0.717) is 6.04 Å². The van der Waals surface area contributed by atoms with Crippen molar-refractivity contribution in [2.24, 2.45) is 0 Å². The highest BCUT2D eigenvalue weighted by Gasteiger charge is 2.25. The Hall–Kier alpha value is -1.84. The molecule has 0 amide bonds. The molecule has 0 saturated heterocycles. The first-order valence-electron chi connectivity index (χ1n) is 8.79. The second-order valence-electron chi connectivity index (χ2n) is 6.48. The molecule has 2 aromatic carbocycles. The van der Waals surface area contributed by atoms with Crippen molar-refractivity contribution in [3.8, 4) is 5.75 Å². The van der Waals surface area contributed by atoms with Crippen LogP contribution in [0.5, 0.6) is 5.75 Å². The standard InChI is InChI=1S/C21H29NO2/c1-4-22(16(2)10-11-18-8-6-5-7-9-18)17(3)21(24)19-12-14-20(23)15-13-19/h5-9,12-17,21,23-24H,4,10-11H2,1-3H3. The molecule has 3 nitrogen and oxygen atoms in total. The van der Waals surface area contributed by atoms with E-state index in [9.17, 15) is 10.2 Å². The van der Waals surface area contributed by atoms with E-state index in [1.807, 2.05) is 6.07 Å². The van der Waals surface area contributed by atoms with Crippen molar-refractivity contribution in [1.29, 1.82) is 0 Å². The highest BCUT2D eigenvalue weighted by atomic mass is 16.3. The topological polar surface area (TPSA) is 43.7 Å². The van der Waals surface area contributed by atoms with Crippen LogP contribution in [-0.4, -0.2) is 33.7 Å². The van der Waals surface area contributed by atoms with Crippen molar-refractivity contribution >= 4 is 0 Å². The SMILES string of the molecule is CCN(C(C)CCc1ccccc1)C(C)C(O)c1ccc(O)cc1. The van der Waals surface area contributed by atoms with Gasteiger partial charge in [0.25, 0.3) is 0 Å². The summed E-state index contributed by atoms with van der Waals surface area (Å²) >= 11 is 0. The first-order chi connectivity index (χ1) is 11.5. The molecule has 0 aromatic heterocycles. The van der Waals surface area contributed by atoms with Crippen molar-refractivity contribution in [2.45, 2.75) is 51.8 Å². The van der Waals surface area contributed by atoms with Gasteiger partial charge in [0.1, 0.15) is 5.75 Å². The molecule has 0 radical (unpaired) electrons. The molecule has 2 rings (SSSR count). The average Bonchev–Trinajstić information content (AvgIpc) is 2.61. The summed E-state index contributed by atoms with van der Waals surface area (Å²) in [5.74, 6) is 0.224. The summed E-state index contributed by atoms with van der Waals surface area (Å²) in [7, 11) is 0. The average molecular weight is 327 g/mol. The highest BCUT2D eigenvalue weighted by molar-refractivity contribution is 5.28. The second-order valence-corrected chi connectivity index (χ2v) is 6.48. The fraction of sp³-hybridized carbons (Fsp3) is 0.429. The second kappa shape index (κ2) is 8.86. The first kappa shape index (κ1) is 18.5. The zero-order chi connectivity index (χ0) is 17.5. The minimum atomic E-state index is -0.565. The minimum Gasteiger partial charge on any atom is -0.508 e. The summed E-state index contributed by atoms with van der Waals surface area (Å²) in [5.41, 5.74) is 2.20. The Morgan fingerprint density at radius 3 is 2.17 bits per heavy atom. The fourth-order valence-corrected chi connectivity index (χ4v) is 3.32. The molecule has 130 valence electrons. The normalized spacial score (nSPS) is 15.2. The number of nitrogens with zero attached hydrogens (tertiary/aromatic N) is 1. The summed E-state index contributed by atoms with van der Waals surface area (Å²) in [4.78, 5) is 2.35. The van der Waals surface area contributed by atoms with Crippen LogP contribution in [0.15, 0.2) is 54.6 Å². The van der Waals surface area contributed by atoms with Crippen LogP contribution in [0.1, 0.15) is 44.4 Å². The largest absolute Gasteiger partial charge is 0.508 e. The summed E-state index contributed by atoms with van der Waals surface area (Å²) in [6, 6.07) is 17.8. The molecule has 0 aliphatic carbocycles. The zero-order valence-electron chi connectivity index (χ0n) is 14.9. The summed E-state index contributed by atoms with van der Waals surface area (Å²) in [5, 5.41) is 20.1. The molecule has 2 N–H and O–H groups in total. The molecule has 0 aliphatic heterocycles. The number of aliphatic hydroxyl groups excluding tert-OH is 1. The lowest BCUT2D eigenvalue weighted by atomic mass is 9.98. The van der Waals surface area contributed by atoms with Gasteiger partial charge >= 0.3 is 0 Å². The van der Waals surface area contributed by atoms with E-state index in [2.05, 4.69) is 49.9 Å². The van der Waals surface area contributed by atoms with Gasteiger partial charge in [0.05, 0.1) is 6.10 Å². The third kappa shape index (κ3) is 4.83. The van der Waals surface area contributed by atoms with Crippen molar-refractivity contribution in [3.05, 3.63) is 65.7 Å². The van der Waals surface area contributed by atoms with Crippen LogP contribution in [-0.2, 0) is 6.42 Å². The van der Waals surface area contributed by atoms with E-state index in [1.54, 1.807) is 24.3 Å². The zero-order valence-corrected chi connectivity index (χ0v) is 14.9. The maximum Gasteiger partial charge on any atom is 0.115 e. The number of aryl methyl sites for hydroxylation is 1. The van der Waals surface area contributed by atoms with Crippen molar-refractivity contribution in [3.63, 3.8) is 0 Å². The molecule has 0 heterocycles. The van der Waals surface area contributed by atoms with Crippen LogP contribution in [0.4, 0.5) is 0 Å². The highest BCUT2D eigenvalue weighted by Crippen LogP contribution is 2.25. The summed E-state index contributed by atoms with van der Waals surface area (Å²) in [6.45, 7) is 7.33. The van der Waals surface area contributed by atoms with Gasteiger partial charge in [-0.1, -0.05) is 49.4 Å². The van der Waals surface area contributed by atoms with Gasteiger partial charge in [-0.05, 0) is 56.5 Å². The van der Waals surface area contributed by atoms with Crippen LogP contribution in [0.3, 0.4) is 0 Å². The molecule has 2 aromatic rings. The van der Waals surface area contributed by atoms with Crippen LogP contribution < -0.4 is 0 Å². The van der Waals surface area contributed by atoms with E-state index in [0.717, 1.165) is 24.9 Å². The van der Waals surface area contributed by atoms with E-state index in [1.165, 1.54) is 5.56 Å². The predicted molar refractivity (Wildman–Crippen MR) is 99.1 cm³/mol. The Bertz CT molecular complexity index is 597. The number of hydrogen-bond acceptors (Lipinski definition) is 3. The van der Waals surface area contributed by atoms with Gasteiger partial charge in [-0.15, -0.1) is 0 Å². The Morgan fingerprint density at radius 1 is 0.958 bits per heavy atom. The monoisotopic (exact) mass is 327 g/mol. The molecule has 0 bridgehead atoms. The van der Waals surface area contributed by atoms with Gasteiger partial charge in [-0.3, -0.25) is 4.90 Å². The van der Waals surface area contributed by atoms with Gasteiger partial charge < -0.3 is 10.2 Å². The predicted octanol–water partition coefficient (Wildman–Crippen LogP) is 4.16. The Balaban J connectivity index is 1.98. The molecule has 24 heavy (non-hydrogen) atoms. The molecule has 0 fully saturated rings. The Morgan fingerprint density at radius 2 is 1.58 bits per heavy atom. The van der Waals surface area contributed by atoms with Crippen LogP contribution >= 0.6 is 0 Å². The Kier molecular flexibility index (Phi) is 6.83. The van der Waals surface area contributed by atoms with Gasteiger partial charge in [0.15, 0.2) is 0 Å². The maximum atomic E-state index is 10.7. The summed E-state index contributed by atoms with van der Waals surface area (Å²) in [6.07, 6.45) is 1.54. The molecular weight excluding hydrogens is 298 g/mol. The third-order valence-corrected chi connectivity index (χ3v) is 4.84. The number of rotatable bonds is 8. The quantitative estimate of drug-likeness (QED) is 0.765. The number of aliphatic hydroxyl groups is 1. The Labute approximate surface area is 145 Å². The van der Waals surface area contributed by atoms with Gasteiger partial charge in [-0.2, -0.15) is 0 Å². The van der Waals surface area contributed by atoms with Crippen molar-refractivity contribution in [2.75, 3.05) is 6.54 Å². The minimum absolute atomic E-state index is 0.0188. The molecular formula is C21H29NO2. The smallest absolute Gasteiger partial charge is 0.115 e. The fourth-order valence-electron chi connectivity index (χ4n) is 3.32. The molecule has 3 atom stereocenters. The lowest BCUT2D eigenvalue weighted by Crippen LogP contribution is -2.43. The molecule has 3 heteroatoms. The lowest BCUT2D eigenvalue weighted by Gasteiger charge is -2.36. The number of benzene rings is 2. The van der Waals surface area contributed by atoms with Crippen LogP contribution in [0, 0.1) is 0 Å². The summed E-state index contributed by atoms with van der Waals surface area (Å²) < 4.78 is 0. The van der Waals surface area contributed by atoms with Crippen LogP contribution in [0.25, 0.3) is 0 Å². The maximum absolute atomic E-state index is 10.7. The first-order valence-corrected chi connectivity index (χ1v) is 8.79. The van der Waals surface area contributed by atoms with Gasteiger partial charge in [0.2, 0.25) is 0 Å². The van der Waals surface area contributed by atoms with Gasteiger partial charge in [0, 0.05) is 12.1 Å². The molecule has 0 spiro atoms. The van der Waals surface area contributed by atoms with Gasteiger partial charge in [-0.25, -0.2) is 0 Å². The molecule has 3 unspecified atom stereocenters. The van der Waals surface area contributed by atoms with Crippen LogP contribution in [0.2, 0.25) is 0 Å². The van der Waals surface area contributed by atoms with Crippen molar-refractivity contribution in [1.82, 2.24) is 4.90 Å². The molecule has 0 aliphatic rings. The number of likely N-dealkylation sites (N-methyl/N-ethyl adjacent to an activating group) is 1. The van der Waals surface area contributed by atoms with E-state index in [4.69, 9.17) is 0 Å². The number of phenols is 1. The number of aromatic hydroxyl groups is 1. The number of phenolic OH excluding ortho intramolecular Hbond substituents is 1. The van der Waals surface area contributed by atoms with Crippen molar-refractivity contribution < 1.29 is 10.2 Å². The van der Waals surface area contributed by atoms with E-state index < -0.39 is 6.10 Å². The number of hydrogen-bond donors (Lipinski definition) is 2. The lowest BCUT2D eigenvalue weighted by molar-refractivity contribution is 0.0373. The van der Waals surface area contributed by atoms with E-state index >= 15 is 0 Å². The molecule has 0 saturated carbocycles. The third-order valence-electron chi connectivity index (χ3n) is 4.84. The van der Waals surface area contributed by atoms with E-state index in [-0.39, 0.29) is 11.8 Å².